The number of hydrogen-bond donors (Lipinski definition) is 1. The fraction of sp³-hybridized carbons (Fsp3) is 0.290. The number of benzene rings is 3. The number of carbonyl (C=O) groups is 1. The molecule has 6 nitrogen and oxygen atoms in total. The second-order valence-corrected chi connectivity index (χ2v) is 11.8. The first-order valence-electron chi connectivity index (χ1n) is 13.5. The van der Waals surface area contributed by atoms with Crippen molar-refractivity contribution in [2.24, 2.45) is 13.0 Å². The van der Waals surface area contributed by atoms with Gasteiger partial charge in [0.05, 0.1) is 11.4 Å². The number of rotatable bonds is 8. The van der Waals surface area contributed by atoms with Gasteiger partial charge in [-0.05, 0) is 96.8 Å². The lowest BCUT2D eigenvalue weighted by Crippen LogP contribution is -2.34. The Balaban J connectivity index is 1.29. The Morgan fingerprint density at radius 3 is 2.67 bits per heavy atom. The van der Waals surface area contributed by atoms with E-state index < -0.39 is 11.0 Å². The van der Waals surface area contributed by atoms with Crippen molar-refractivity contribution in [3.05, 3.63) is 113 Å². The molecule has 1 heterocycles. The van der Waals surface area contributed by atoms with Crippen LogP contribution in [0.1, 0.15) is 53.7 Å². The molecule has 4 unspecified atom stereocenters. The molecule has 6 rings (SSSR count). The third-order valence-electron chi connectivity index (χ3n) is 7.90. The van der Waals surface area contributed by atoms with Crippen molar-refractivity contribution in [1.82, 2.24) is 14.3 Å². The third-order valence-corrected chi connectivity index (χ3v) is 9.10. The molecule has 40 heavy (non-hydrogen) atoms. The SMILES string of the molecule is Cn1ccnc1CN(C(=O)C1CC1c1cccc(F)c1)c1ccc2c(c1)C(NS(=O)c1ccc(F)cc1)CCC2. The van der Waals surface area contributed by atoms with E-state index in [1.807, 2.05) is 36.0 Å². The average Bonchev–Trinajstić information content (AvgIpc) is 3.66. The number of fused-ring (bicyclic) bond motifs is 1. The summed E-state index contributed by atoms with van der Waals surface area (Å²) < 4.78 is 45.4. The summed E-state index contributed by atoms with van der Waals surface area (Å²) in [7, 11) is 0.380. The molecule has 0 radical (unpaired) electrons. The highest BCUT2D eigenvalue weighted by Gasteiger charge is 2.46. The fourth-order valence-electron chi connectivity index (χ4n) is 5.59. The van der Waals surface area contributed by atoms with Gasteiger partial charge < -0.3 is 9.47 Å². The van der Waals surface area contributed by atoms with Gasteiger partial charge in [0, 0.05) is 37.1 Å². The monoisotopic (exact) mass is 560 g/mol. The van der Waals surface area contributed by atoms with Crippen LogP contribution in [-0.2, 0) is 35.8 Å². The number of aryl methyl sites for hydroxylation is 2. The van der Waals surface area contributed by atoms with Crippen LogP contribution in [0.3, 0.4) is 0 Å². The van der Waals surface area contributed by atoms with Gasteiger partial charge in [0.2, 0.25) is 5.91 Å². The zero-order valence-electron chi connectivity index (χ0n) is 22.1. The number of carbonyl (C=O) groups excluding carboxylic acids is 1. The van der Waals surface area contributed by atoms with Crippen molar-refractivity contribution in [2.45, 2.75) is 49.1 Å². The summed E-state index contributed by atoms with van der Waals surface area (Å²) in [4.78, 5) is 20.7. The topological polar surface area (TPSA) is 67.2 Å². The van der Waals surface area contributed by atoms with E-state index in [1.54, 1.807) is 17.2 Å². The van der Waals surface area contributed by atoms with E-state index in [4.69, 9.17) is 0 Å². The first kappa shape index (κ1) is 26.5. The first-order chi connectivity index (χ1) is 19.4. The molecule has 1 fully saturated rings. The molecule has 4 aromatic rings. The Morgan fingerprint density at radius 2 is 1.93 bits per heavy atom. The average molecular weight is 561 g/mol. The summed E-state index contributed by atoms with van der Waals surface area (Å²) in [6.07, 6.45) is 6.86. The number of nitrogens with one attached hydrogen (secondary N) is 1. The lowest BCUT2D eigenvalue weighted by atomic mass is 9.87. The molecule has 0 saturated heterocycles. The molecule has 2 aliphatic carbocycles. The van der Waals surface area contributed by atoms with Crippen LogP contribution in [0, 0.1) is 17.6 Å². The molecule has 2 aliphatic rings. The molecule has 9 heteroatoms. The van der Waals surface area contributed by atoms with Crippen LogP contribution in [0.5, 0.6) is 0 Å². The standard InChI is InChI=1S/C31H30F2N4O2S/c1-36-15-14-34-30(36)19-37(31(38)28-18-26(28)21-5-2-6-23(33)16-21)24-11-8-20-4-3-7-29(27(20)17-24)35-40(39)25-12-9-22(32)10-13-25/h2,5-6,8-17,26,28-29,35H,3-4,7,18-19H2,1H3. The van der Waals surface area contributed by atoms with Crippen molar-refractivity contribution >= 4 is 22.6 Å². The van der Waals surface area contributed by atoms with Crippen molar-refractivity contribution in [2.75, 3.05) is 4.90 Å². The van der Waals surface area contributed by atoms with Crippen molar-refractivity contribution in [1.29, 1.82) is 0 Å². The van der Waals surface area contributed by atoms with Gasteiger partial charge in [0.15, 0.2) is 0 Å². The summed E-state index contributed by atoms with van der Waals surface area (Å²) in [5.41, 5.74) is 3.75. The van der Waals surface area contributed by atoms with E-state index in [9.17, 15) is 17.8 Å². The maximum absolute atomic E-state index is 14.0. The summed E-state index contributed by atoms with van der Waals surface area (Å²) in [5.74, 6) is -0.198. The van der Waals surface area contributed by atoms with Gasteiger partial charge in [0.25, 0.3) is 0 Å². The van der Waals surface area contributed by atoms with Crippen LogP contribution in [0.4, 0.5) is 14.5 Å². The van der Waals surface area contributed by atoms with E-state index >= 15 is 0 Å². The molecule has 3 aromatic carbocycles. The van der Waals surface area contributed by atoms with Crippen molar-refractivity contribution in [3.63, 3.8) is 0 Å². The van der Waals surface area contributed by atoms with Crippen LogP contribution in [0.15, 0.2) is 84.0 Å². The third kappa shape index (κ3) is 5.48. The van der Waals surface area contributed by atoms with E-state index in [-0.39, 0.29) is 35.4 Å². The predicted octanol–water partition coefficient (Wildman–Crippen LogP) is 5.73. The maximum atomic E-state index is 14.0. The molecule has 1 N–H and O–H groups in total. The highest BCUT2D eigenvalue weighted by Crippen LogP contribution is 2.49. The molecule has 1 saturated carbocycles. The second-order valence-electron chi connectivity index (χ2n) is 10.6. The lowest BCUT2D eigenvalue weighted by Gasteiger charge is -2.29. The number of amides is 1. The number of anilines is 1. The minimum Gasteiger partial charge on any atom is -0.337 e. The Hall–Kier alpha value is -3.69. The quantitative estimate of drug-likeness (QED) is 0.300. The molecule has 1 amide bonds. The van der Waals surface area contributed by atoms with Gasteiger partial charge in [-0.1, -0.05) is 18.2 Å². The molecule has 206 valence electrons. The lowest BCUT2D eigenvalue weighted by molar-refractivity contribution is -0.120. The summed E-state index contributed by atoms with van der Waals surface area (Å²) >= 11 is 0. The van der Waals surface area contributed by atoms with Crippen molar-refractivity contribution < 1.29 is 17.8 Å². The Kier molecular flexibility index (Phi) is 7.33. The highest BCUT2D eigenvalue weighted by molar-refractivity contribution is 7.83. The number of halogens is 2. The molecular formula is C31H30F2N4O2S. The van der Waals surface area contributed by atoms with Crippen LogP contribution < -0.4 is 9.62 Å². The molecule has 1 aromatic heterocycles. The fourth-order valence-corrected chi connectivity index (χ4v) is 6.62. The Bertz CT molecular complexity index is 1570. The van der Waals surface area contributed by atoms with Gasteiger partial charge >= 0.3 is 0 Å². The van der Waals surface area contributed by atoms with E-state index in [2.05, 4.69) is 15.8 Å². The molecule has 0 bridgehead atoms. The minimum absolute atomic E-state index is 0.0164. The van der Waals surface area contributed by atoms with E-state index in [0.29, 0.717) is 17.9 Å². The van der Waals surface area contributed by atoms with Gasteiger partial charge in [-0.25, -0.2) is 22.7 Å². The number of aromatic nitrogens is 2. The predicted molar refractivity (Wildman–Crippen MR) is 150 cm³/mol. The number of hydrogen-bond acceptors (Lipinski definition) is 3. The molecule has 0 aliphatic heterocycles. The van der Waals surface area contributed by atoms with Gasteiger partial charge in [-0.3, -0.25) is 4.79 Å². The summed E-state index contributed by atoms with van der Waals surface area (Å²) in [5, 5.41) is 0. The first-order valence-corrected chi connectivity index (χ1v) is 14.6. The summed E-state index contributed by atoms with van der Waals surface area (Å²) in [6.45, 7) is 0.299. The van der Waals surface area contributed by atoms with Gasteiger partial charge in [-0.15, -0.1) is 0 Å². The molecule has 4 atom stereocenters. The Labute approximate surface area is 234 Å². The van der Waals surface area contributed by atoms with Crippen LogP contribution in [0.2, 0.25) is 0 Å². The van der Waals surface area contributed by atoms with Crippen LogP contribution in [-0.4, -0.2) is 19.7 Å². The zero-order valence-corrected chi connectivity index (χ0v) is 22.9. The summed E-state index contributed by atoms with van der Waals surface area (Å²) in [6, 6.07) is 18.0. The highest BCUT2D eigenvalue weighted by atomic mass is 32.2. The minimum atomic E-state index is -1.52. The molecule has 0 spiro atoms. The van der Waals surface area contributed by atoms with Crippen LogP contribution in [0.25, 0.3) is 0 Å². The molecular weight excluding hydrogens is 530 g/mol. The van der Waals surface area contributed by atoms with E-state index in [1.165, 1.54) is 36.4 Å². The van der Waals surface area contributed by atoms with E-state index in [0.717, 1.165) is 47.5 Å². The Morgan fingerprint density at radius 1 is 1.10 bits per heavy atom. The van der Waals surface area contributed by atoms with Gasteiger partial charge in [-0.2, -0.15) is 0 Å². The van der Waals surface area contributed by atoms with Crippen LogP contribution >= 0.6 is 0 Å². The second kappa shape index (κ2) is 11.1. The maximum Gasteiger partial charge on any atom is 0.231 e. The smallest absolute Gasteiger partial charge is 0.231 e. The van der Waals surface area contributed by atoms with Gasteiger partial charge in [0.1, 0.15) is 28.4 Å². The number of nitrogens with zero attached hydrogens (tertiary/aromatic N) is 3. The zero-order chi connectivity index (χ0) is 27.8. The van der Waals surface area contributed by atoms with Crippen molar-refractivity contribution in [3.8, 4) is 0 Å². The largest absolute Gasteiger partial charge is 0.337 e. The normalized spacial score (nSPS) is 20.5. The number of imidazole rings is 1.